The van der Waals surface area contributed by atoms with Gasteiger partial charge in [0.1, 0.15) is 0 Å². The van der Waals surface area contributed by atoms with Crippen molar-refractivity contribution in [3.8, 4) is 0 Å². The fourth-order valence-corrected chi connectivity index (χ4v) is 2.97. The quantitative estimate of drug-likeness (QED) is 0.868. The highest BCUT2D eigenvalue weighted by Gasteiger charge is 2.33. The number of nitrogens with zero attached hydrogens (tertiary/aromatic N) is 1. The van der Waals surface area contributed by atoms with Crippen LogP contribution in [-0.4, -0.2) is 24.5 Å². The van der Waals surface area contributed by atoms with E-state index >= 15 is 0 Å². The van der Waals surface area contributed by atoms with Gasteiger partial charge in [0.05, 0.1) is 5.54 Å². The lowest BCUT2D eigenvalue weighted by Crippen LogP contribution is -2.51. The predicted octanol–water partition coefficient (Wildman–Crippen LogP) is 2.65. The molecule has 1 atom stereocenters. The monoisotopic (exact) mass is 232 g/mol. The fourth-order valence-electron chi connectivity index (χ4n) is 2.97. The van der Waals surface area contributed by atoms with E-state index in [-0.39, 0.29) is 5.54 Å². The van der Waals surface area contributed by atoms with Gasteiger partial charge in [-0.2, -0.15) is 0 Å². The Morgan fingerprint density at radius 1 is 1.18 bits per heavy atom. The largest absolute Gasteiger partial charge is 0.328 e. The van der Waals surface area contributed by atoms with Crippen LogP contribution in [0.25, 0.3) is 0 Å². The maximum absolute atomic E-state index is 6.10. The molecule has 2 rings (SSSR count). The third-order valence-electron chi connectivity index (χ3n) is 4.18. The Bertz CT molecular complexity index is 369. The Labute approximate surface area is 105 Å². The molecule has 0 radical (unpaired) electrons. The van der Waals surface area contributed by atoms with Crippen LogP contribution in [0.3, 0.4) is 0 Å². The van der Waals surface area contributed by atoms with Gasteiger partial charge < -0.3 is 5.73 Å². The summed E-state index contributed by atoms with van der Waals surface area (Å²) >= 11 is 0. The molecule has 1 heterocycles. The first-order chi connectivity index (χ1) is 8.18. The topological polar surface area (TPSA) is 29.3 Å². The number of rotatable bonds is 3. The van der Waals surface area contributed by atoms with Crippen LogP contribution in [0.4, 0.5) is 0 Å². The second-order valence-corrected chi connectivity index (χ2v) is 5.34. The highest BCUT2D eigenvalue weighted by Crippen LogP contribution is 2.31. The molecule has 1 saturated heterocycles. The zero-order valence-corrected chi connectivity index (χ0v) is 11.1. The third kappa shape index (κ3) is 2.38. The Morgan fingerprint density at radius 2 is 1.82 bits per heavy atom. The van der Waals surface area contributed by atoms with Gasteiger partial charge >= 0.3 is 0 Å². The molecule has 0 spiro atoms. The molecular weight excluding hydrogens is 208 g/mol. The molecule has 1 aliphatic heterocycles. The molecular formula is C15H24N2. The summed E-state index contributed by atoms with van der Waals surface area (Å²) in [5, 5.41) is 0. The maximum atomic E-state index is 6.10. The van der Waals surface area contributed by atoms with Crippen molar-refractivity contribution >= 4 is 0 Å². The summed E-state index contributed by atoms with van der Waals surface area (Å²) in [5.41, 5.74) is 8.85. The first-order valence-corrected chi connectivity index (χ1v) is 6.70. The second-order valence-electron chi connectivity index (χ2n) is 5.34. The normalized spacial score (nSPS) is 21.1. The van der Waals surface area contributed by atoms with Crippen LogP contribution in [0, 0.1) is 6.92 Å². The summed E-state index contributed by atoms with van der Waals surface area (Å²) in [5.74, 6) is 0. The van der Waals surface area contributed by atoms with Crippen molar-refractivity contribution in [2.75, 3.05) is 19.6 Å². The molecule has 0 aromatic heterocycles. The first kappa shape index (κ1) is 12.6. The zero-order chi connectivity index (χ0) is 12.3. The molecule has 0 aliphatic carbocycles. The van der Waals surface area contributed by atoms with E-state index in [2.05, 4.69) is 43.0 Å². The molecule has 2 N–H and O–H groups in total. The number of likely N-dealkylation sites (tertiary alicyclic amines) is 1. The minimum absolute atomic E-state index is 0.00572. The number of nitrogens with two attached hydrogens (primary N) is 1. The van der Waals surface area contributed by atoms with E-state index in [0.29, 0.717) is 6.54 Å². The van der Waals surface area contributed by atoms with E-state index in [9.17, 15) is 0 Å². The molecule has 1 aromatic rings. The summed E-state index contributed by atoms with van der Waals surface area (Å²) in [6.07, 6.45) is 3.98. The Morgan fingerprint density at radius 3 is 2.41 bits per heavy atom. The van der Waals surface area contributed by atoms with Crippen LogP contribution in [0.1, 0.15) is 37.3 Å². The number of piperidine rings is 1. The van der Waals surface area contributed by atoms with Gasteiger partial charge in [0.25, 0.3) is 0 Å². The average molecular weight is 232 g/mol. The molecule has 1 fully saturated rings. The van der Waals surface area contributed by atoms with Gasteiger partial charge in [-0.1, -0.05) is 30.7 Å². The summed E-state index contributed by atoms with van der Waals surface area (Å²) in [4.78, 5) is 2.57. The number of hydrogen-bond acceptors (Lipinski definition) is 2. The van der Waals surface area contributed by atoms with Gasteiger partial charge in [-0.15, -0.1) is 0 Å². The van der Waals surface area contributed by atoms with Crippen LogP contribution in [-0.2, 0) is 5.54 Å². The lowest BCUT2D eigenvalue weighted by Gasteiger charge is -2.44. The smallest absolute Gasteiger partial charge is 0.0557 e. The Balaban J connectivity index is 2.32. The van der Waals surface area contributed by atoms with Crippen LogP contribution in [0.2, 0.25) is 0 Å². The van der Waals surface area contributed by atoms with Crippen molar-refractivity contribution in [1.82, 2.24) is 4.90 Å². The standard InChI is InChI=1S/C15H24N2/c1-13-8-4-5-9-14(13)15(2,12-16)17-10-6-3-7-11-17/h4-5,8-9H,3,6-7,10-12,16H2,1-2H3. The molecule has 0 bridgehead atoms. The van der Waals surface area contributed by atoms with Crippen LogP contribution in [0.5, 0.6) is 0 Å². The SMILES string of the molecule is Cc1ccccc1C(C)(CN)N1CCCCC1. The molecule has 17 heavy (non-hydrogen) atoms. The van der Waals surface area contributed by atoms with E-state index in [1.54, 1.807) is 0 Å². The Kier molecular flexibility index (Phi) is 3.85. The van der Waals surface area contributed by atoms with Crippen LogP contribution < -0.4 is 5.73 Å². The van der Waals surface area contributed by atoms with Crippen molar-refractivity contribution < 1.29 is 0 Å². The molecule has 0 saturated carbocycles. The average Bonchev–Trinajstić information content (AvgIpc) is 2.39. The molecule has 1 aromatic carbocycles. The fraction of sp³-hybridized carbons (Fsp3) is 0.600. The molecule has 1 aliphatic rings. The minimum atomic E-state index is 0.00572. The Hall–Kier alpha value is -0.860. The van der Waals surface area contributed by atoms with Crippen molar-refractivity contribution in [3.05, 3.63) is 35.4 Å². The van der Waals surface area contributed by atoms with Crippen molar-refractivity contribution in [1.29, 1.82) is 0 Å². The van der Waals surface area contributed by atoms with Gasteiger partial charge in [0.2, 0.25) is 0 Å². The molecule has 1 unspecified atom stereocenters. The molecule has 2 heteroatoms. The molecule has 2 nitrogen and oxygen atoms in total. The van der Waals surface area contributed by atoms with Gasteiger partial charge in [-0.25, -0.2) is 0 Å². The molecule has 0 amide bonds. The van der Waals surface area contributed by atoms with Crippen LogP contribution >= 0.6 is 0 Å². The van der Waals surface area contributed by atoms with Crippen molar-refractivity contribution in [2.24, 2.45) is 5.73 Å². The van der Waals surface area contributed by atoms with Crippen LogP contribution in [0.15, 0.2) is 24.3 Å². The second kappa shape index (κ2) is 5.19. The molecule has 94 valence electrons. The summed E-state index contributed by atoms with van der Waals surface area (Å²) < 4.78 is 0. The lowest BCUT2D eigenvalue weighted by atomic mass is 9.85. The highest BCUT2D eigenvalue weighted by molar-refractivity contribution is 5.32. The zero-order valence-electron chi connectivity index (χ0n) is 11.1. The maximum Gasteiger partial charge on any atom is 0.0557 e. The van der Waals surface area contributed by atoms with Gasteiger partial charge in [-0.3, -0.25) is 4.90 Å². The highest BCUT2D eigenvalue weighted by atomic mass is 15.2. The number of aryl methyl sites for hydroxylation is 1. The van der Waals surface area contributed by atoms with Gasteiger partial charge in [-0.05, 0) is 50.9 Å². The predicted molar refractivity (Wildman–Crippen MR) is 73.0 cm³/mol. The van der Waals surface area contributed by atoms with E-state index in [1.807, 2.05) is 0 Å². The summed E-state index contributed by atoms with van der Waals surface area (Å²) in [6, 6.07) is 8.65. The number of hydrogen-bond donors (Lipinski definition) is 1. The lowest BCUT2D eigenvalue weighted by molar-refractivity contribution is 0.0850. The van der Waals surface area contributed by atoms with Gasteiger partial charge in [0.15, 0.2) is 0 Å². The van der Waals surface area contributed by atoms with E-state index in [0.717, 1.165) is 0 Å². The summed E-state index contributed by atoms with van der Waals surface area (Å²) in [6.45, 7) is 7.54. The van der Waals surface area contributed by atoms with E-state index in [1.165, 1.54) is 43.5 Å². The first-order valence-electron chi connectivity index (χ1n) is 6.70. The van der Waals surface area contributed by atoms with E-state index < -0.39 is 0 Å². The number of benzene rings is 1. The third-order valence-corrected chi connectivity index (χ3v) is 4.18. The van der Waals surface area contributed by atoms with Crippen molar-refractivity contribution in [3.63, 3.8) is 0 Å². The van der Waals surface area contributed by atoms with Gasteiger partial charge in [0, 0.05) is 6.54 Å². The minimum Gasteiger partial charge on any atom is -0.328 e. The van der Waals surface area contributed by atoms with E-state index in [4.69, 9.17) is 5.73 Å². The summed E-state index contributed by atoms with van der Waals surface area (Å²) in [7, 11) is 0. The van der Waals surface area contributed by atoms with Crippen molar-refractivity contribution in [2.45, 2.75) is 38.6 Å².